The zero-order valence-electron chi connectivity index (χ0n) is 11.8. The highest BCUT2D eigenvalue weighted by atomic mass is 35.5. The molecule has 0 saturated heterocycles. The quantitative estimate of drug-likeness (QED) is 0.642. The summed E-state index contributed by atoms with van der Waals surface area (Å²) >= 11 is 11.2. The van der Waals surface area contributed by atoms with Gasteiger partial charge in [0.2, 0.25) is 0 Å². The Hall–Kier alpha value is -1.33. The first kappa shape index (κ1) is 16.7. The molecule has 1 aromatic rings. The maximum Gasteiger partial charge on any atom is 0.339 e. The van der Waals surface area contributed by atoms with Gasteiger partial charge in [0.25, 0.3) is 0 Å². The summed E-state index contributed by atoms with van der Waals surface area (Å²) in [5.41, 5.74) is 1.02. The maximum atomic E-state index is 11.7. The van der Waals surface area contributed by atoms with Crippen LogP contribution in [0.2, 0.25) is 5.02 Å². The number of ether oxygens (including phenoxy) is 1. The van der Waals surface area contributed by atoms with Crippen LogP contribution in [0.4, 0.5) is 5.69 Å². The summed E-state index contributed by atoms with van der Waals surface area (Å²) in [6.45, 7) is 6.17. The number of hydrogen-bond acceptors (Lipinski definition) is 3. The van der Waals surface area contributed by atoms with Gasteiger partial charge in [-0.3, -0.25) is 0 Å². The smallest absolute Gasteiger partial charge is 0.339 e. The molecule has 1 rings (SSSR count). The van der Waals surface area contributed by atoms with Crippen molar-refractivity contribution in [3.05, 3.63) is 28.8 Å². The first-order valence-corrected chi connectivity index (χ1v) is 7.30. The number of carbonyl (C=O) groups is 1. The molecule has 1 atom stereocenters. The topological polar surface area (TPSA) is 50.4 Å². The Morgan fingerprint density at radius 3 is 2.75 bits per heavy atom. The molecule has 0 amide bonds. The SMILES string of the molecule is CCOC(=O)c1cc(NC(=S)N[C@@H](C)CC)ccc1Cl. The average molecular weight is 315 g/mol. The number of rotatable bonds is 5. The summed E-state index contributed by atoms with van der Waals surface area (Å²) in [4.78, 5) is 11.7. The lowest BCUT2D eigenvalue weighted by Gasteiger charge is -2.16. The van der Waals surface area contributed by atoms with E-state index in [-0.39, 0.29) is 6.04 Å². The van der Waals surface area contributed by atoms with Gasteiger partial charge in [-0.15, -0.1) is 0 Å². The summed E-state index contributed by atoms with van der Waals surface area (Å²) in [5.74, 6) is -0.443. The summed E-state index contributed by atoms with van der Waals surface area (Å²) in [6.07, 6.45) is 0.969. The molecule has 0 aliphatic rings. The molecule has 0 bridgehead atoms. The molecule has 0 fully saturated rings. The second kappa shape index (κ2) is 8.07. The van der Waals surface area contributed by atoms with Crippen molar-refractivity contribution in [2.45, 2.75) is 33.2 Å². The van der Waals surface area contributed by atoms with E-state index in [0.717, 1.165) is 6.42 Å². The predicted molar refractivity (Wildman–Crippen MR) is 86.5 cm³/mol. The van der Waals surface area contributed by atoms with E-state index in [1.54, 1.807) is 25.1 Å². The van der Waals surface area contributed by atoms with Crippen molar-refractivity contribution in [2.75, 3.05) is 11.9 Å². The lowest BCUT2D eigenvalue weighted by molar-refractivity contribution is 0.0526. The number of thiocarbonyl (C=S) groups is 1. The van der Waals surface area contributed by atoms with Gasteiger partial charge in [0.15, 0.2) is 5.11 Å². The molecule has 0 spiro atoms. The Labute approximate surface area is 129 Å². The van der Waals surface area contributed by atoms with Gasteiger partial charge in [0.05, 0.1) is 17.2 Å². The molecule has 0 saturated carbocycles. The van der Waals surface area contributed by atoms with E-state index in [0.29, 0.717) is 28.0 Å². The molecular weight excluding hydrogens is 296 g/mol. The number of hydrogen-bond donors (Lipinski definition) is 2. The second-order valence-corrected chi connectivity index (χ2v) is 5.14. The van der Waals surface area contributed by atoms with Gasteiger partial charge in [-0.05, 0) is 50.7 Å². The molecule has 0 aromatic heterocycles. The third-order valence-electron chi connectivity index (χ3n) is 2.71. The van der Waals surface area contributed by atoms with Crippen molar-refractivity contribution in [2.24, 2.45) is 0 Å². The first-order chi connectivity index (χ1) is 9.47. The number of nitrogens with one attached hydrogen (secondary N) is 2. The van der Waals surface area contributed by atoms with E-state index in [1.165, 1.54) is 0 Å². The number of halogens is 1. The number of esters is 1. The Morgan fingerprint density at radius 2 is 2.15 bits per heavy atom. The van der Waals surface area contributed by atoms with Crippen molar-refractivity contribution >= 4 is 40.6 Å². The second-order valence-electron chi connectivity index (χ2n) is 4.32. The predicted octanol–water partition coefficient (Wildman–Crippen LogP) is 3.60. The van der Waals surface area contributed by atoms with Crippen LogP contribution in [0.15, 0.2) is 18.2 Å². The van der Waals surface area contributed by atoms with Crippen molar-refractivity contribution in [3.63, 3.8) is 0 Å². The summed E-state index contributed by atoms with van der Waals surface area (Å²) in [5, 5.41) is 7.03. The minimum Gasteiger partial charge on any atom is -0.462 e. The van der Waals surface area contributed by atoms with Crippen LogP contribution in [0, 0.1) is 0 Å². The molecular formula is C14H19ClN2O2S. The van der Waals surface area contributed by atoms with Crippen molar-refractivity contribution in [1.29, 1.82) is 0 Å². The van der Waals surface area contributed by atoms with Gasteiger partial charge < -0.3 is 15.4 Å². The van der Waals surface area contributed by atoms with Crippen LogP contribution in [-0.4, -0.2) is 23.7 Å². The zero-order valence-corrected chi connectivity index (χ0v) is 13.4. The number of benzene rings is 1. The van der Waals surface area contributed by atoms with Crippen molar-refractivity contribution in [3.8, 4) is 0 Å². The maximum absolute atomic E-state index is 11.7. The molecule has 0 radical (unpaired) electrons. The van der Waals surface area contributed by atoms with Crippen LogP contribution in [0.3, 0.4) is 0 Å². The Bertz CT molecular complexity index is 494. The average Bonchev–Trinajstić information content (AvgIpc) is 2.40. The molecule has 20 heavy (non-hydrogen) atoms. The molecule has 6 heteroatoms. The molecule has 0 aliphatic carbocycles. The number of anilines is 1. The van der Waals surface area contributed by atoms with E-state index in [9.17, 15) is 4.79 Å². The van der Waals surface area contributed by atoms with Gasteiger partial charge in [0.1, 0.15) is 0 Å². The van der Waals surface area contributed by atoms with Gasteiger partial charge >= 0.3 is 5.97 Å². The molecule has 0 aliphatic heterocycles. The lowest BCUT2D eigenvalue weighted by atomic mass is 10.2. The summed E-state index contributed by atoms with van der Waals surface area (Å²) < 4.78 is 4.95. The fourth-order valence-corrected chi connectivity index (χ4v) is 1.98. The zero-order chi connectivity index (χ0) is 15.1. The molecule has 2 N–H and O–H groups in total. The van der Waals surface area contributed by atoms with Gasteiger partial charge in [-0.1, -0.05) is 18.5 Å². The molecule has 1 aromatic carbocycles. The molecule has 110 valence electrons. The minimum atomic E-state index is -0.443. The lowest BCUT2D eigenvalue weighted by Crippen LogP contribution is -2.35. The van der Waals surface area contributed by atoms with Crippen LogP contribution >= 0.6 is 23.8 Å². The highest BCUT2D eigenvalue weighted by Crippen LogP contribution is 2.21. The van der Waals surface area contributed by atoms with Gasteiger partial charge in [0, 0.05) is 11.7 Å². The molecule has 4 nitrogen and oxygen atoms in total. The summed E-state index contributed by atoms with van der Waals surface area (Å²) in [6, 6.07) is 5.31. The van der Waals surface area contributed by atoms with Crippen LogP contribution in [0.25, 0.3) is 0 Å². The van der Waals surface area contributed by atoms with E-state index < -0.39 is 5.97 Å². The van der Waals surface area contributed by atoms with Crippen LogP contribution in [-0.2, 0) is 4.74 Å². The number of carbonyl (C=O) groups excluding carboxylic acids is 1. The van der Waals surface area contributed by atoms with Crippen LogP contribution < -0.4 is 10.6 Å². The van der Waals surface area contributed by atoms with Gasteiger partial charge in [-0.25, -0.2) is 4.79 Å². The monoisotopic (exact) mass is 314 g/mol. The Balaban J connectivity index is 2.79. The van der Waals surface area contributed by atoms with E-state index in [2.05, 4.69) is 17.6 Å². The fourth-order valence-electron chi connectivity index (χ4n) is 1.46. The van der Waals surface area contributed by atoms with Gasteiger partial charge in [-0.2, -0.15) is 0 Å². The first-order valence-electron chi connectivity index (χ1n) is 6.52. The Morgan fingerprint density at radius 1 is 1.45 bits per heavy atom. The van der Waals surface area contributed by atoms with Crippen LogP contribution in [0.1, 0.15) is 37.6 Å². The highest BCUT2D eigenvalue weighted by molar-refractivity contribution is 7.80. The van der Waals surface area contributed by atoms with E-state index in [1.807, 2.05) is 6.92 Å². The fraction of sp³-hybridized carbons (Fsp3) is 0.429. The summed E-state index contributed by atoms with van der Waals surface area (Å²) in [7, 11) is 0. The minimum absolute atomic E-state index is 0.284. The molecule has 0 heterocycles. The van der Waals surface area contributed by atoms with Crippen LogP contribution in [0.5, 0.6) is 0 Å². The van der Waals surface area contributed by atoms with Crippen molar-refractivity contribution < 1.29 is 9.53 Å². The Kier molecular flexibility index (Phi) is 6.75. The highest BCUT2D eigenvalue weighted by Gasteiger charge is 2.12. The standard InChI is InChI=1S/C14H19ClN2O2S/c1-4-9(3)16-14(20)17-10-6-7-12(15)11(8-10)13(18)19-5-2/h6-9H,4-5H2,1-3H3,(H2,16,17,20)/t9-/m0/s1. The van der Waals surface area contributed by atoms with E-state index in [4.69, 9.17) is 28.6 Å². The van der Waals surface area contributed by atoms with Crippen molar-refractivity contribution in [1.82, 2.24) is 5.32 Å². The normalized spacial score (nSPS) is 11.6. The third kappa shape index (κ3) is 4.98. The molecule has 0 unspecified atom stereocenters. The largest absolute Gasteiger partial charge is 0.462 e. The van der Waals surface area contributed by atoms with E-state index >= 15 is 0 Å². The third-order valence-corrected chi connectivity index (χ3v) is 3.26.